The quantitative estimate of drug-likeness (QED) is 0.455. The highest BCUT2D eigenvalue weighted by atomic mass is 16.5. The molecule has 1 saturated heterocycles. The molecular formula is C27H28N2O7. The molecular weight excluding hydrogens is 464 g/mol. The van der Waals surface area contributed by atoms with Gasteiger partial charge in [0.1, 0.15) is 17.3 Å². The SMILES string of the molecule is COc1ccc(C2C(C(=O)OCC(=O)NCc3ccco3)CCC(=O)N2c2ccc(OC)cc2)cc1. The molecule has 0 bridgehead atoms. The monoisotopic (exact) mass is 492 g/mol. The van der Waals surface area contributed by atoms with E-state index in [2.05, 4.69) is 5.32 Å². The maximum Gasteiger partial charge on any atom is 0.311 e. The van der Waals surface area contributed by atoms with Crippen molar-refractivity contribution in [3.05, 3.63) is 78.3 Å². The van der Waals surface area contributed by atoms with Crippen molar-refractivity contribution >= 4 is 23.5 Å². The molecule has 2 aromatic carbocycles. The Morgan fingerprint density at radius 1 is 1.00 bits per heavy atom. The molecule has 0 saturated carbocycles. The molecule has 9 nitrogen and oxygen atoms in total. The van der Waals surface area contributed by atoms with Crippen LogP contribution in [-0.2, 0) is 25.7 Å². The minimum Gasteiger partial charge on any atom is -0.497 e. The van der Waals surface area contributed by atoms with Gasteiger partial charge in [-0.2, -0.15) is 0 Å². The molecule has 1 aliphatic heterocycles. The summed E-state index contributed by atoms with van der Waals surface area (Å²) >= 11 is 0. The van der Waals surface area contributed by atoms with E-state index in [0.29, 0.717) is 29.4 Å². The molecule has 2 unspecified atom stereocenters. The van der Waals surface area contributed by atoms with Crippen LogP contribution in [0.2, 0.25) is 0 Å². The van der Waals surface area contributed by atoms with Crippen molar-refractivity contribution in [1.82, 2.24) is 5.32 Å². The van der Waals surface area contributed by atoms with E-state index in [9.17, 15) is 14.4 Å². The Bertz CT molecular complexity index is 1170. The summed E-state index contributed by atoms with van der Waals surface area (Å²) in [6.07, 6.45) is 1.98. The third kappa shape index (κ3) is 5.68. The van der Waals surface area contributed by atoms with Gasteiger partial charge in [0.2, 0.25) is 5.91 Å². The number of methoxy groups -OCH3 is 2. The van der Waals surface area contributed by atoms with E-state index < -0.39 is 30.4 Å². The highest BCUT2D eigenvalue weighted by molar-refractivity contribution is 5.97. The molecule has 0 spiro atoms. The highest BCUT2D eigenvalue weighted by Gasteiger charge is 2.42. The molecule has 9 heteroatoms. The molecule has 0 radical (unpaired) electrons. The number of hydrogen-bond donors (Lipinski definition) is 1. The van der Waals surface area contributed by atoms with Crippen LogP contribution in [-0.4, -0.2) is 38.6 Å². The van der Waals surface area contributed by atoms with Gasteiger partial charge in [0.05, 0.1) is 39.0 Å². The van der Waals surface area contributed by atoms with Gasteiger partial charge in [-0.05, 0) is 60.5 Å². The smallest absolute Gasteiger partial charge is 0.311 e. The zero-order chi connectivity index (χ0) is 25.5. The topological polar surface area (TPSA) is 107 Å². The molecule has 3 aromatic rings. The van der Waals surface area contributed by atoms with Gasteiger partial charge in [0.25, 0.3) is 5.91 Å². The summed E-state index contributed by atoms with van der Waals surface area (Å²) in [5, 5.41) is 2.65. The van der Waals surface area contributed by atoms with Crippen molar-refractivity contribution in [1.29, 1.82) is 0 Å². The predicted molar refractivity (Wildman–Crippen MR) is 130 cm³/mol. The minimum atomic E-state index is -0.670. The van der Waals surface area contributed by atoms with E-state index in [1.54, 1.807) is 67.7 Å². The van der Waals surface area contributed by atoms with E-state index in [1.165, 1.54) is 6.26 Å². The molecule has 1 aromatic heterocycles. The van der Waals surface area contributed by atoms with Gasteiger partial charge in [-0.1, -0.05) is 12.1 Å². The fourth-order valence-electron chi connectivity index (χ4n) is 4.26. The van der Waals surface area contributed by atoms with Crippen LogP contribution in [0, 0.1) is 5.92 Å². The van der Waals surface area contributed by atoms with Gasteiger partial charge >= 0.3 is 5.97 Å². The van der Waals surface area contributed by atoms with Crippen LogP contribution >= 0.6 is 0 Å². The lowest BCUT2D eigenvalue weighted by molar-refractivity contribution is -0.154. The number of benzene rings is 2. The number of rotatable bonds is 9. The largest absolute Gasteiger partial charge is 0.497 e. The lowest BCUT2D eigenvalue weighted by atomic mass is 9.83. The van der Waals surface area contributed by atoms with Gasteiger partial charge in [0, 0.05) is 12.1 Å². The van der Waals surface area contributed by atoms with E-state index in [4.69, 9.17) is 18.6 Å². The van der Waals surface area contributed by atoms with E-state index in [1.807, 2.05) is 12.1 Å². The van der Waals surface area contributed by atoms with E-state index in [-0.39, 0.29) is 18.9 Å². The average molecular weight is 493 g/mol. The third-order valence-electron chi connectivity index (χ3n) is 6.09. The van der Waals surface area contributed by atoms with E-state index >= 15 is 0 Å². The number of carbonyl (C=O) groups is 3. The summed E-state index contributed by atoms with van der Waals surface area (Å²) in [6.45, 7) is -0.233. The summed E-state index contributed by atoms with van der Waals surface area (Å²) in [6, 6.07) is 17.1. The number of amides is 2. The number of anilines is 1. The van der Waals surface area contributed by atoms with Crippen molar-refractivity contribution in [3.63, 3.8) is 0 Å². The summed E-state index contributed by atoms with van der Waals surface area (Å²) in [7, 11) is 3.14. The van der Waals surface area contributed by atoms with Crippen LogP contribution in [0.1, 0.15) is 30.2 Å². The Labute approximate surface area is 208 Å². The lowest BCUT2D eigenvalue weighted by Crippen LogP contribution is -2.46. The second kappa shape index (κ2) is 11.4. The number of nitrogens with one attached hydrogen (secondary N) is 1. The van der Waals surface area contributed by atoms with Gasteiger partial charge in [-0.3, -0.25) is 14.4 Å². The van der Waals surface area contributed by atoms with Gasteiger partial charge in [0.15, 0.2) is 6.61 Å². The number of nitrogens with zero attached hydrogens (tertiary/aromatic N) is 1. The van der Waals surface area contributed by atoms with Crippen molar-refractivity contribution in [3.8, 4) is 11.5 Å². The van der Waals surface area contributed by atoms with Crippen molar-refractivity contribution in [2.75, 3.05) is 25.7 Å². The minimum absolute atomic E-state index is 0.110. The summed E-state index contributed by atoms with van der Waals surface area (Å²) in [5.41, 5.74) is 1.39. The highest BCUT2D eigenvalue weighted by Crippen LogP contribution is 2.41. The van der Waals surface area contributed by atoms with Gasteiger partial charge in [-0.25, -0.2) is 0 Å². The van der Waals surface area contributed by atoms with Gasteiger partial charge < -0.3 is 28.8 Å². The molecule has 1 aliphatic rings. The molecule has 36 heavy (non-hydrogen) atoms. The number of piperidine rings is 1. The van der Waals surface area contributed by atoms with Gasteiger partial charge in [-0.15, -0.1) is 0 Å². The Hall–Kier alpha value is -4.27. The zero-order valence-electron chi connectivity index (χ0n) is 20.1. The van der Waals surface area contributed by atoms with Crippen LogP contribution < -0.4 is 19.7 Å². The first-order valence-electron chi connectivity index (χ1n) is 11.6. The maximum absolute atomic E-state index is 13.2. The molecule has 1 fully saturated rings. The summed E-state index contributed by atoms with van der Waals surface area (Å²) in [4.78, 5) is 40.2. The molecule has 1 N–H and O–H groups in total. The first kappa shape index (κ1) is 24.8. The number of ether oxygens (including phenoxy) is 3. The molecule has 4 rings (SSSR count). The number of carbonyl (C=O) groups excluding carboxylic acids is 3. The molecule has 2 amide bonds. The Balaban J connectivity index is 1.55. The zero-order valence-corrected chi connectivity index (χ0v) is 20.1. The van der Waals surface area contributed by atoms with Crippen LogP contribution in [0.25, 0.3) is 0 Å². The van der Waals surface area contributed by atoms with Crippen molar-refractivity contribution < 1.29 is 33.0 Å². The fraction of sp³-hybridized carbons (Fsp3) is 0.296. The summed E-state index contributed by atoms with van der Waals surface area (Å²) < 4.78 is 21.1. The maximum atomic E-state index is 13.2. The predicted octanol–water partition coefficient (Wildman–Crippen LogP) is 3.64. The molecule has 2 atom stereocenters. The standard InChI is InChI=1S/C27H28N2O7/c1-33-20-9-5-18(6-10-20)26-23(27(32)36-17-24(30)28-16-22-4-3-15-35-22)13-14-25(31)29(26)19-7-11-21(34-2)12-8-19/h3-12,15,23,26H,13-14,16-17H2,1-2H3,(H,28,30). The lowest BCUT2D eigenvalue weighted by Gasteiger charge is -2.40. The number of hydrogen-bond acceptors (Lipinski definition) is 7. The summed E-state index contributed by atoms with van der Waals surface area (Å²) in [5.74, 6) is 0.132. The van der Waals surface area contributed by atoms with Crippen molar-refractivity contribution in [2.45, 2.75) is 25.4 Å². The Kier molecular flexibility index (Phi) is 7.89. The van der Waals surface area contributed by atoms with Crippen LogP contribution in [0.15, 0.2) is 71.3 Å². The normalized spacial score (nSPS) is 17.4. The van der Waals surface area contributed by atoms with Crippen LogP contribution in [0.3, 0.4) is 0 Å². The second-order valence-electron chi connectivity index (χ2n) is 8.29. The second-order valence-corrected chi connectivity index (χ2v) is 8.29. The first-order valence-corrected chi connectivity index (χ1v) is 11.6. The van der Waals surface area contributed by atoms with Crippen LogP contribution in [0.5, 0.6) is 11.5 Å². The first-order chi connectivity index (χ1) is 17.5. The van der Waals surface area contributed by atoms with E-state index in [0.717, 1.165) is 5.56 Å². The third-order valence-corrected chi connectivity index (χ3v) is 6.09. The fourth-order valence-corrected chi connectivity index (χ4v) is 4.26. The number of furan rings is 1. The molecule has 2 heterocycles. The van der Waals surface area contributed by atoms with Crippen molar-refractivity contribution in [2.24, 2.45) is 5.92 Å². The Morgan fingerprint density at radius 3 is 2.28 bits per heavy atom. The molecule has 0 aliphatic carbocycles. The van der Waals surface area contributed by atoms with Crippen LogP contribution in [0.4, 0.5) is 5.69 Å². The Morgan fingerprint density at radius 2 is 1.67 bits per heavy atom. The molecule has 188 valence electrons. The number of esters is 1. The average Bonchev–Trinajstić information content (AvgIpc) is 3.44.